The molecular weight excluding hydrogens is 399 g/mol. The molecule has 1 aliphatic rings. The molecule has 0 aliphatic carbocycles. The molecule has 10 heteroatoms. The van der Waals surface area contributed by atoms with Crippen molar-refractivity contribution in [2.75, 3.05) is 39.8 Å². The third kappa shape index (κ3) is 7.03. The van der Waals surface area contributed by atoms with Crippen molar-refractivity contribution < 1.29 is 22.4 Å². The highest BCUT2D eigenvalue weighted by atomic mass is 19.4. The molecule has 30 heavy (non-hydrogen) atoms. The third-order valence-corrected chi connectivity index (χ3v) is 4.77. The lowest BCUT2D eigenvalue weighted by atomic mass is 10.1. The maximum Gasteiger partial charge on any atom is 0.411 e. The summed E-state index contributed by atoms with van der Waals surface area (Å²) in [6.45, 7) is 3.57. The van der Waals surface area contributed by atoms with Gasteiger partial charge >= 0.3 is 6.18 Å². The van der Waals surface area contributed by atoms with Crippen molar-refractivity contribution in [3.63, 3.8) is 0 Å². The summed E-state index contributed by atoms with van der Waals surface area (Å²) in [5.74, 6) is 0.827. The van der Waals surface area contributed by atoms with Gasteiger partial charge in [0.15, 0.2) is 5.96 Å². The zero-order valence-electron chi connectivity index (χ0n) is 16.9. The van der Waals surface area contributed by atoms with Gasteiger partial charge in [-0.2, -0.15) is 13.2 Å². The molecule has 0 unspecified atom stereocenters. The normalized spacial score (nSPS) is 16.1. The van der Waals surface area contributed by atoms with Crippen molar-refractivity contribution >= 4 is 5.96 Å². The second kappa shape index (κ2) is 10.4. The van der Waals surface area contributed by atoms with E-state index < -0.39 is 12.8 Å². The first-order chi connectivity index (χ1) is 14.4. The summed E-state index contributed by atoms with van der Waals surface area (Å²) in [5.41, 5.74) is 2.65. The predicted molar refractivity (Wildman–Crippen MR) is 106 cm³/mol. The fourth-order valence-electron chi connectivity index (χ4n) is 3.22. The van der Waals surface area contributed by atoms with Gasteiger partial charge in [-0.15, -0.1) is 0 Å². The van der Waals surface area contributed by atoms with Crippen LogP contribution in [0.1, 0.15) is 16.8 Å². The number of hydrogen-bond acceptors (Lipinski definition) is 5. The maximum absolute atomic E-state index is 12.1. The van der Waals surface area contributed by atoms with Crippen LogP contribution >= 0.6 is 0 Å². The zero-order valence-corrected chi connectivity index (χ0v) is 16.9. The van der Waals surface area contributed by atoms with Gasteiger partial charge in [-0.3, -0.25) is 9.89 Å². The van der Waals surface area contributed by atoms with Crippen molar-refractivity contribution in [2.24, 2.45) is 4.99 Å². The molecule has 1 saturated heterocycles. The standard InChI is InChI=1S/C20H26F3N5O2/c1-24-19(28-9-7-27(8-10-28)13-18-6-11-30-26-18)25-12-16-2-4-17(5-3-16)14-29-15-20(21,22)23/h2-6,11H,7-10,12-15H2,1H3,(H,24,25). The second-order valence-electron chi connectivity index (χ2n) is 7.08. The molecule has 1 N–H and O–H groups in total. The summed E-state index contributed by atoms with van der Waals surface area (Å²) in [6, 6.07) is 9.18. The number of nitrogens with one attached hydrogen (secondary N) is 1. The molecule has 2 heterocycles. The van der Waals surface area contributed by atoms with Crippen LogP contribution in [0.15, 0.2) is 46.1 Å². The summed E-state index contributed by atoms with van der Waals surface area (Å²) in [6.07, 6.45) is -2.72. The summed E-state index contributed by atoms with van der Waals surface area (Å²) in [5, 5.41) is 7.30. The van der Waals surface area contributed by atoms with Gasteiger partial charge in [-0.1, -0.05) is 29.4 Å². The number of ether oxygens (including phenoxy) is 1. The number of aromatic nitrogens is 1. The van der Waals surface area contributed by atoms with E-state index in [2.05, 4.69) is 30.0 Å². The van der Waals surface area contributed by atoms with E-state index in [1.54, 1.807) is 25.4 Å². The van der Waals surface area contributed by atoms with Crippen LogP contribution in [0.4, 0.5) is 13.2 Å². The number of alkyl halides is 3. The van der Waals surface area contributed by atoms with E-state index in [9.17, 15) is 13.2 Å². The number of piperazine rings is 1. The fourth-order valence-corrected chi connectivity index (χ4v) is 3.22. The molecule has 7 nitrogen and oxygen atoms in total. The monoisotopic (exact) mass is 425 g/mol. The molecule has 2 aromatic rings. The lowest BCUT2D eigenvalue weighted by molar-refractivity contribution is -0.176. The van der Waals surface area contributed by atoms with Gasteiger partial charge in [-0.05, 0) is 11.1 Å². The predicted octanol–water partition coefficient (Wildman–Crippen LogP) is 2.65. The van der Waals surface area contributed by atoms with E-state index in [1.165, 1.54) is 0 Å². The number of nitrogens with zero attached hydrogens (tertiary/aromatic N) is 4. The highest BCUT2D eigenvalue weighted by Gasteiger charge is 2.27. The van der Waals surface area contributed by atoms with E-state index in [0.29, 0.717) is 12.1 Å². The average Bonchev–Trinajstić information content (AvgIpc) is 3.23. The molecule has 1 aromatic carbocycles. The van der Waals surface area contributed by atoms with Gasteiger partial charge in [-0.25, -0.2) is 0 Å². The van der Waals surface area contributed by atoms with Crippen LogP contribution in [0.3, 0.4) is 0 Å². The molecule has 0 atom stereocenters. The van der Waals surface area contributed by atoms with Crippen LogP contribution < -0.4 is 5.32 Å². The fraction of sp³-hybridized carbons (Fsp3) is 0.500. The molecular formula is C20H26F3N5O2. The van der Waals surface area contributed by atoms with Crippen LogP contribution in [0, 0.1) is 0 Å². The molecule has 0 spiro atoms. The van der Waals surface area contributed by atoms with Crippen LogP contribution in [-0.2, 0) is 24.4 Å². The number of halogens is 3. The minimum atomic E-state index is -4.30. The van der Waals surface area contributed by atoms with Gasteiger partial charge in [0, 0.05) is 52.4 Å². The number of guanidine groups is 1. The molecule has 0 saturated carbocycles. The Morgan fingerprint density at radius 2 is 1.83 bits per heavy atom. The molecule has 1 fully saturated rings. The maximum atomic E-state index is 12.1. The molecule has 3 rings (SSSR count). The van der Waals surface area contributed by atoms with Crippen molar-refractivity contribution in [2.45, 2.75) is 25.9 Å². The molecule has 164 valence electrons. The quantitative estimate of drug-likeness (QED) is 0.544. The van der Waals surface area contributed by atoms with E-state index in [1.807, 2.05) is 18.2 Å². The second-order valence-corrected chi connectivity index (χ2v) is 7.08. The highest BCUT2D eigenvalue weighted by Crippen LogP contribution is 2.16. The lowest BCUT2D eigenvalue weighted by Gasteiger charge is -2.36. The minimum Gasteiger partial charge on any atom is -0.367 e. The Kier molecular flexibility index (Phi) is 7.69. The SMILES string of the molecule is CN=C(NCc1ccc(COCC(F)(F)F)cc1)N1CCN(Cc2ccon2)CC1. The summed E-state index contributed by atoms with van der Waals surface area (Å²) >= 11 is 0. The molecule has 0 bridgehead atoms. The Bertz CT molecular complexity index is 786. The summed E-state index contributed by atoms with van der Waals surface area (Å²) in [7, 11) is 1.76. The Balaban J connectivity index is 1.41. The van der Waals surface area contributed by atoms with Gasteiger partial charge in [0.05, 0.1) is 12.3 Å². The molecule has 1 aliphatic heterocycles. The van der Waals surface area contributed by atoms with Crippen molar-refractivity contribution in [3.05, 3.63) is 53.4 Å². The number of benzene rings is 1. The Morgan fingerprint density at radius 3 is 2.43 bits per heavy atom. The van der Waals surface area contributed by atoms with Gasteiger partial charge in [0.2, 0.25) is 0 Å². The van der Waals surface area contributed by atoms with Crippen LogP contribution in [0.25, 0.3) is 0 Å². The number of rotatable bonds is 7. The van der Waals surface area contributed by atoms with E-state index in [4.69, 9.17) is 4.52 Å². The van der Waals surface area contributed by atoms with Gasteiger partial charge < -0.3 is 19.5 Å². The molecule has 0 amide bonds. The first kappa shape index (κ1) is 22.1. The Labute approximate surface area is 173 Å². The van der Waals surface area contributed by atoms with Gasteiger partial charge in [0.25, 0.3) is 0 Å². The van der Waals surface area contributed by atoms with Crippen molar-refractivity contribution in [3.8, 4) is 0 Å². The van der Waals surface area contributed by atoms with Crippen molar-refractivity contribution in [1.29, 1.82) is 0 Å². The first-order valence-corrected chi connectivity index (χ1v) is 9.72. The lowest BCUT2D eigenvalue weighted by Crippen LogP contribution is -2.52. The van der Waals surface area contributed by atoms with Crippen LogP contribution in [0.5, 0.6) is 0 Å². The summed E-state index contributed by atoms with van der Waals surface area (Å²) in [4.78, 5) is 8.90. The van der Waals surface area contributed by atoms with Crippen LogP contribution in [0.2, 0.25) is 0 Å². The number of aliphatic imine (C=N–C) groups is 1. The Hall–Kier alpha value is -2.59. The third-order valence-electron chi connectivity index (χ3n) is 4.77. The number of hydrogen-bond donors (Lipinski definition) is 1. The average molecular weight is 425 g/mol. The minimum absolute atomic E-state index is 0.0620. The zero-order chi connectivity index (χ0) is 21.4. The largest absolute Gasteiger partial charge is 0.411 e. The molecule has 1 aromatic heterocycles. The first-order valence-electron chi connectivity index (χ1n) is 9.72. The summed E-state index contributed by atoms with van der Waals surface area (Å²) < 4.78 is 46.0. The van der Waals surface area contributed by atoms with Crippen LogP contribution in [-0.4, -0.2) is 66.9 Å². The van der Waals surface area contributed by atoms with Crippen molar-refractivity contribution in [1.82, 2.24) is 20.3 Å². The van der Waals surface area contributed by atoms with E-state index in [-0.39, 0.29) is 6.61 Å². The molecule has 0 radical (unpaired) electrons. The Morgan fingerprint density at radius 1 is 1.13 bits per heavy atom. The van der Waals surface area contributed by atoms with Gasteiger partial charge in [0.1, 0.15) is 12.9 Å². The smallest absolute Gasteiger partial charge is 0.367 e. The topological polar surface area (TPSA) is 66.1 Å². The van der Waals surface area contributed by atoms with E-state index >= 15 is 0 Å². The highest BCUT2D eigenvalue weighted by molar-refractivity contribution is 5.80. The van der Waals surface area contributed by atoms with E-state index in [0.717, 1.165) is 49.9 Å².